The van der Waals surface area contributed by atoms with E-state index in [4.69, 9.17) is 4.74 Å². The van der Waals surface area contributed by atoms with Crippen LogP contribution in [0, 0.1) is 0 Å². The van der Waals surface area contributed by atoms with E-state index in [-0.39, 0.29) is 11.7 Å². The van der Waals surface area contributed by atoms with Crippen LogP contribution < -0.4 is 26.2 Å². The Labute approximate surface area is 198 Å². The van der Waals surface area contributed by atoms with Crippen LogP contribution in [0.3, 0.4) is 0 Å². The lowest BCUT2D eigenvalue weighted by molar-refractivity contribution is 0.292. The number of ether oxygens (including phenoxy) is 1. The molecule has 0 aliphatic rings. The number of hydrogen-bond donors (Lipinski definition) is 2. The lowest BCUT2D eigenvalue weighted by atomic mass is 10.1. The molecule has 8 heteroatoms. The van der Waals surface area contributed by atoms with Crippen molar-refractivity contribution in [1.29, 1.82) is 0 Å². The molecular formula is C26H31N5O3. The summed E-state index contributed by atoms with van der Waals surface area (Å²) in [5, 5.41) is 6.30. The Bertz CT molecular complexity index is 1350. The second-order valence-electron chi connectivity index (χ2n) is 8.34. The van der Waals surface area contributed by atoms with Crippen LogP contribution in [0.1, 0.15) is 32.4 Å². The molecule has 0 aliphatic carbocycles. The van der Waals surface area contributed by atoms with Gasteiger partial charge in [-0.3, -0.25) is 9.59 Å². The number of aromatic nitrogens is 2. The predicted molar refractivity (Wildman–Crippen MR) is 137 cm³/mol. The summed E-state index contributed by atoms with van der Waals surface area (Å²) < 4.78 is 7.42. The molecule has 0 spiro atoms. The lowest BCUT2D eigenvalue weighted by Crippen LogP contribution is -2.37. The molecule has 1 heterocycles. The normalized spacial score (nSPS) is 12.4. The van der Waals surface area contributed by atoms with Crippen molar-refractivity contribution < 1.29 is 4.74 Å². The number of imidazole rings is 1. The lowest BCUT2D eigenvalue weighted by Gasteiger charge is -2.20. The van der Waals surface area contributed by atoms with Gasteiger partial charge in [-0.2, -0.15) is 0 Å². The number of likely N-dealkylation sites (N-methyl/N-ethyl adjacent to an activating group) is 1. The molecule has 0 unspecified atom stereocenters. The number of nitrogens with zero attached hydrogens (tertiary/aromatic N) is 3. The van der Waals surface area contributed by atoms with E-state index in [9.17, 15) is 9.59 Å². The van der Waals surface area contributed by atoms with Crippen LogP contribution >= 0.6 is 0 Å². The van der Waals surface area contributed by atoms with Gasteiger partial charge in [-0.05, 0) is 55.9 Å². The molecule has 2 N–H and O–H groups in total. The minimum absolute atomic E-state index is 0.178. The molecule has 4 aromatic rings. The molecular weight excluding hydrogens is 430 g/mol. The highest BCUT2D eigenvalue weighted by atomic mass is 16.5. The largest absolute Gasteiger partial charge is 0.497 e. The number of methoxy groups -OCH3 is 1. The van der Waals surface area contributed by atoms with Gasteiger partial charge in [-0.15, -0.1) is 0 Å². The number of rotatable bonds is 11. The van der Waals surface area contributed by atoms with E-state index in [1.165, 1.54) is 0 Å². The maximum atomic E-state index is 12.3. The van der Waals surface area contributed by atoms with E-state index in [1.54, 1.807) is 7.11 Å². The summed E-state index contributed by atoms with van der Waals surface area (Å²) in [5.74, 6) is 0.735. The Balaban J connectivity index is 1.50. The second-order valence-corrected chi connectivity index (χ2v) is 8.34. The number of fused-ring (bicyclic) bond motifs is 1. The second kappa shape index (κ2) is 10.1. The number of anilines is 3. The van der Waals surface area contributed by atoms with E-state index < -0.39 is 10.9 Å². The Kier molecular flexibility index (Phi) is 6.98. The molecule has 34 heavy (non-hydrogen) atoms. The van der Waals surface area contributed by atoms with Gasteiger partial charge >= 0.3 is 0 Å². The third kappa shape index (κ3) is 4.68. The van der Waals surface area contributed by atoms with Crippen LogP contribution in [-0.2, 0) is 6.54 Å². The van der Waals surface area contributed by atoms with Gasteiger partial charge in [0.2, 0.25) is 0 Å². The van der Waals surface area contributed by atoms with Gasteiger partial charge in [0.15, 0.2) is 0 Å². The average molecular weight is 462 g/mol. The van der Waals surface area contributed by atoms with Crippen molar-refractivity contribution in [3.8, 4) is 5.75 Å². The number of benzene rings is 2. The van der Waals surface area contributed by atoms with Gasteiger partial charge in [0.1, 0.15) is 17.1 Å². The minimum Gasteiger partial charge on any atom is -0.497 e. The zero-order valence-electron chi connectivity index (χ0n) is 20.1. The van der Waals surface area contributed by atoms with Crippen LogP contribution in [0.15, 0.2) is 58.4 Å². The fourth-order valence-electron chi connectivity index (χ4n) is 4.11. The standard InChI is InChI=1S/C26H31N5O3/c1-5-30(6-2)12-13-31-16-27-21-15-19(10-11-22(21)31)29-24-23(25(32)26(24)33)28-17(3)18-8-7-9-20(14-18)34-4/h7-11,14-17,28-29H,5-6,12-13H2,1-4H3/t17-/m1/s1. The molecule has 4 rings (SSSR count). The Morgan fingerprint density at radius 3 is 2.56 bits per heavy atom. The monoisotopic (exact) mass is 461 g/mol. The fourth-order valence-corrected chi connectivity index (χ4v) is 4.11. The highest BCUT2D eigenvalue weighted by Gasteiger charge is 2.23. The van der Waals surface area contributed by atoms with Crippen molar-refractivity contribution in [3.05, 3.63) is 74.8 Å². The average Bonchev–Trinajstić information content (AvgIpc) is 3.28. The first kappa shape index (κ1) is 23.5. The van der Waals surface area contributed by atoms with E-state index in [1.807, 2.05) is 55.7 Å². The molecule has 3 aromatic carbocycles. The van der Waals surface area contributed by atoms with Crippen LogP contribution in [0.4, 0.5) is 17.1 Å². The summed E-state index contributed by atoms with van der Waals surface area (Å²) in [6, 6.07) is 13.2. The highest BCUT2D eigenvalue weighted by molar-refractivity contribution is 5.84. The molecule has 0 saturated heterocycles. The van der Waals surface area contributed by atoms with Gasteiger partial charge in [0.25, 0.3) is 10.9 Å². The predicted octanol–water partition coefficient (Wildman–Crippen LogP) is 3.90. The van der Waals surface area contributed by atoms with Crippen molar-refractivity contribution in [2.24, 2.45) is 0 Å². The summed E-state index contributed by atoms with van der Waals surface area (Å²) in [6.07, 6.45) is 1.85. The molecule has 0 bridgehead atoms. The van der Waals surface area contributed by atoms with Crippen molar-refractivity contribution in [1.82, 2.24) is 14.5 Å². The molecule has 1 aromatic heterocycles. The number of hydrogen-bond acceptors (Lipinski definition) is 7. The highest BCUT2D eigenvalue weighted by Crippen LogP contribution is 2.28. The number of nitrogens with one attached hydrogen (secondary N) is 2. The molecule has 0 saturated carbocycles. The molecule has 0 amide bonds. The van der Waals surface area contributed by atoms with Crippen LogP contribution in [-0.4, -0.2) is 41.2 Å². The SMILES string of the molecule is CCN(CC)CCn1cnc2cc(Nc3c(N[C@H](C)c4cccc(OC)c4)c(=O)c3=O)ccc21. The van der Waals surface area contributed by atoms with Crippen LogP contribution in [0.2, 0.25) is 0 Å². The zero-order chi connectivity index (χ0) is 24.2. The summed E-state index contributed by atoms with van der Waals surface area (Å²) in [6.45, 7) is 10.1. The van der Waals surface area contributed by atoms with Crippen molar-refractivity contribution in [2.45, 2.75) is 33.4 Å². The van der Waals surface area contributed by atoms with Crippen molar-refractivity contribution >= 4 is 28.1 Å². The summed E-state index contributed by atoms with van der Waals surface area (Å²) in [5.41, 5.74) is 3.07. The van der Waals surface area contributed by atoms with E-state index in [0.717, 1.165) is 48.5 Å². The van der Waals surface area contributed by atoms with E-state index in [0.29, 0.717) is 11.4 Å². The molecule has 8 nitrogen and oxygen atoms in total. The third-order valence-electron chi connectivity index (χ3n) is 6.31. The van der Waals surface area contributed by atoms with E-state index in [2.05, 4.69) is 38.9 Å². The quantitative estimate of drug-likeness (QED) is 0.328. The van der Waals surface area contributed by atoms with Crippen molar-refractivity contribution in [2.75, 3.05) is 37.4 Å². The third-order valence-corrected chi connectivity index (χ3v) is 6.31. The minimum atomic E-state index is -0.523. The maximum absolute atomic E-state index is 12.3. The van der Waals surface area contributed by atoms with Gasteiger partial charge < -0.3 is 24.8 Å². The zero-order valence-corrected chi connectivity index (χ0v) is 20.1. The first-order valence-corrected chi connectivity index (χ1v) is 11.6. The van der Waals surface area contributed by atoms with Gasteiger partial charge in [0, 0.05) is 24.8 Å². The Morgan fingerprint density at radius 1 is 1.06 bits per heavy atom. The van der Waals surface area contributed by atoms with Crippen LogP contribution in [0.25, 0.3) is 11.0 Å². The van der Waals surface area contributed by atoms with Gasteiger partial charge in [-0.1, -0.05) is 26.0 Å². The first-order valence-electron chi connectivity index (χ1n) is 11.6. The summed E-state index contributed by atoms with van der Waals surface area (Å²) in [7, 11) is 1.61. The molecule has 178 valence electrons. The fraction of sp³-hybridized carbons (Fsp3) is 0.346. The van der Waals surface area contributed by atoms with Crippen molar-refractivity contribution in [3.63, 3.8) is 0 Å². The Morgan fingerprint density at radius 2 is 1.82 bits per heavy atom. The summed E-state index contributed by atoms with van der Waals surface area (Å²) >= 11 is 0. The molecule has 1 atom stereocenters. The topological polar surface area (TPSA) is 88.5 Å². The van der Waals surface area contributed by atoms with Gasteiger partial charge in [-0.25, -0.2) is 4.98 Å². The molecule has 0 aliphatic heterocycles. The smallest absolute Gasteiger partial charge is 0.253 e. The molecule has 0 radical (unpaired) electrons. The maximum Gasteiger partial charge on any atom is 0.253 e. The van der Waals surface area contributed by atoms with Gasteiger partial charge in [0.05, 0.1) is 24.5 Å². The van der Waals surface area contributed by atoms with Crippen LogP contribution in [0.5, 0.6) is 5.75 Å². The summed E-state index contributed by atoms with van der Waals surface area (Å²) in [4.78, 5) is 31.5. The molecule has 0 fully saturated rings. The van der Waals surface area contributed by atoms with E-state index >= 15 is 0 Å². The Hall–Kier alpha value is -3.65. The first-order chi connectivity index (χ1) is 16.4.